The number of hydrogen-bond acceptors (Lipinski definition) is 1. The predicted octanol–water partition coefficient (Wildman–Crippen LogP) is 1.85. The lowest BCUT2D eigenvalue weighted by molar-refractivity contribution is -1.06. The summed E-state index contributed by atoms with van der Waals surface area (Å²) in [6.45, 7) is 0. The Bertz CT molecular complexity index is 28.4. The second kappa shape index (κ2) is 5.52. The minimum Gasteiger partial charge on any atom is -0.218 e. The van der Waals surface area contributed by atoms with Crippen LogP contribution in [0.5, 0.6) is 0 Å². The van der Waals surface area contributed by atoms with Gasteiger partial charge < -0.3 is 0 Å². The van der Waals surface area contributed by atoms with Gasteiger partial charge in [-0.25, -0.2) is 5.21 Å². The summed E-state index contributed by atoms with van der Waals surface area (Å²) in [6.07, 6.45) is 0. The van der Waals surface area contributed by atoms with E-state index in [-0.39, 0.29) is 4.65 Å². The molecule has 0 bridgehead atoms. The van der Waals surface area contributed by atoms with Crippen molar-refractivity contribution >= 4 is 37.2 Å². The van der Waals surface area contributed by atoms with Crippen LogP contribution in [0, 0.1) is 0 Å². The van der Waals surface area contributed by atoms with Gasteiger partial charge in [-0.15, -0.1) is 0 Å². The van der Waals surface area contributed by atoms with Gasteiger partial charge in [0.2, 0.25) is 0 Å². The van der Waals surface area contributed by atoms with E-state index in [2.05, 4.69) is 37.2 Å². The first-order valence-electron chi connectivity index (χ1n) is 1.68. The average molecular weight is 330 g/mol. The van der Waals surface area contributed by atoms with Crippen molar-refractivity contribution in [3.05, 3.63) is 0 Å². The van der Waals surface area contributed by atoms with Gasteiger partial charge in [0.15, 0.2) is 0 Å². The molecule has 0 aromatic heterocycles. The molecule has 0 saturated heterocycles. The van der Waals surface area contributed by atoms with Crippen LogP contribution in [-0.4, -0.2) is 31.0 Å². The molecule has 0 radical (unpaired) electrons. The Labute approximate surface area is 67.8 Å². The van der Waals surface area contributed by atoms with Crippen molar-refractivity contribution in [3.8, 4) is 0 Å². The van der Waals surface area contributed by atoms with Gasteiger partial charge in [-0.3, -0.25) is 0 Å². The first-order chi connectivity index (χ1) is 3.00. The molecule has 4 heteroatoms. The maximum absolute atomic E-state index is 8.46. The Morgan fingerprint density at radius 2 is 1.14 bits per heavy atom. The molecule has 0 atom stereocenters. The van der Waals surface area contributed by atoms with Crippen molar-refractivity contribution in [3.63, 3.8) is 0 Å². The second-order valence-corrected chi connectivity index (χ2v) is 1.94. The third-order valence-electron chi connectivity index (χ3n) is 0. The van der Waals surface area contributed by atoms with Crippen molar-refractivity contribution in [2.24, 2.45) is 0 Å². The van der Waals surface area contributed by atoms with Crippen LogP contribution in [0.25, 0.3) is 0 Å². The lowest BCUT2D eigenvalue weighted by Gasteiger charge is -2.09. The summed E-state index contributed by atoms with van der Waals surface area (Å²) in [6, 6.07) is 0. The summed E-state index contributed by atoms with van der Waals surface area (Å²) in [5, 5.41) is 8.46. The molecule has 0 fully saturated rings. The molecule has 0 amide bonds. The van der Waals surface area contributed by atoms with E-state index in [1.54, 1.807) is 21.1 Å². The molecule has 0 aliphatic carbocycles. The van der Waals surface area contributed by atoms with Crippen molar-refractivity contribution in [1.29, 1.82) is 0 Å². The van der Waals surface area contributed by atoms with E-state index in [9.17, 15) is 0 Å². The Kier molecular flexibility index (Phi) is 8.83. The van der Waals surface area contributed by atoms with Crippen molar-refractivity contribution in [2.75, 3.05) is 21.1 Å². The van der Waals surface area contributed by atoms with Gasteiger partial charge in [-0.2, -0.15) is 4.65 Å². The molecule has 0 aliphatic rings. The molecule has 1 N–H and O–H groups in total. The zero-order valence-corrected chi connectivity index (χ0v) is 8.97. The third kappa shape index (κ3) is 112. The average Bonchev–Trinajstić information content (AvgIpc) is 1.36. The maximum Gasteiger partial charge on any atom is 0.0979 e. The van der Waals surface area contributed by atoms with E-state index in [4.69, 9.17) is 5.21 Å². The molecule has 0 unspecified atom stereocenters. The van der Waals surface area contributed by atoms with Crippen LogP contribution < -0.4 is 0 Å². The smallest absolute Gasteiger partial charge is 0.0979 e. The number of quaternary nitrogens is 1. The van der Waals surface area contributed by atoms with Gasteiger partial charge in [0.05, 0.1) is 21.1 Å². The Morgan fingerprint density at radius 1 is 1.14 bits per heavy atom. The summed E-state index contributed by atoms with van der Waals surface area (Å²) in [5.41, 5.74) is 0. The minimum absolute atomic E-state index is 0. The Balaban J connectivity index is 0. The highest BCUT2D eigenvalue weighted by atomic mass is 128. The SMILES string of the molecule is C[N+](C)(C)O.II. The maximum atomic E-state index is 8.46. The molecule has 0 aromatic rings. The van der Waals surface area contributed by atoms with Crippen LogP contribution in [0.1, 0.15) is 0 Å². The van der Waals surface area contributed by atoms with Gasteiger partial charge in [-0.05, 0) is 0 Å². The summed E-state index contributed by atoms with van der Waals surface area (Å²) >= 11 is 4.24. The van der Waals surface area contributed by atoms with E-state index in [1.807, 2.05) is 0 Å². The topological polar surface area (TPSA) is 20.2 Å². The van der Waals surface area contributed by atoms with Gasteiger partial charge >= 0.3 is 0 Å². The highest BCUT2D eigenvalue weighted by Gasteiger charge is 1.92. The molecule has 0 heterocycles. The molecule has 0 spiro atoms. The molecule has 0 aliphatic heterocycles. The Hall–Kier alpha value is 1.38. The molecular formula is C3H10I2NO+. The first-order valence-corrected chi connectivity index (χ1v) is 7.97. The van der Waals surface area contributed by atoms with Crippen LogP contribution in [0.4, 0.5) is 0 Å². The molecule has 7 heavy (non-hydrogen) atoms. The van der Waals surface area contributed by atoms with Crippen LogP contribution in [-0.2, 0) is 0 Å². The first kappa shape index (κ1) is 11.2. The normalized spacial score (nSPS) is 9.43. The number of nitrogens with zero attached hydrogens (tertiary/aromatic N) is 1. The highest BCUT2D eigenvalue weighted by Crippen LogP contribution is 1.89. The van der Waals surface area contributed by atoms with E-state index in [0.717, 1.165) is 0 Å². The molecular weight excluding hydrogens is 320 g/mol. The number of rotatable bonds is 0. The molecule has 0 rings (SSSR count). The van der Waals surface area contributed by atoms with Crippen LogP contribution in [0.15, 0.2) is 0 Å². The minimum atomic E-state index is 0. The fourth-order valence-electron chi connectivity index (χ4n) is 0. The fourth-order valence-corrected chi connectivity index (χ4v) is 0. The van der Waals surface area contributed by atoms with Crippen molar-refractivity contribution in [1.82, 2.24) is 0 Å². The van der Waals surface area contributed by atoms with Gasteiger partial charge in [0, 0.05) is 37.2 Å². The van der Waals surface area contributed by atoms with E-state index < -0.39 is 0 Å². The lowest BCUT2D eigenvalue weighted by Crippen LogP contribution is -2.28. The van der Waals surface area contributed by atoms with Crippen molar-refractivity contribution < 1.29 is 9.85 Å². The van der Waals surface area contributed by atoms with E-state index in [0.29, 0.717) is 0 Å². The molecule has 46 valence electrons. The van der Waals surface area contributed by atoms with E-state index in [1.165, 1.54) is 0 Å². The van der Waals surface area contributed by atoms with Crippen molar-refractivity contribution in [2.45, 2.75) is 0 Å². The summed E-state index contributed by atoms with van der Waals surface area (Å²) < 4.78 is 0. The van der Waals surface area contributed by atoms with E-state index >= 15 is 0 Å². The monoisotopic (exact) mass is 330 g/mol. The summed E-state index contributed by atoms with van der Waals surface area (Å²) in [7, 11) is 5.04. The summed E-state index contributed by atoms with van der Waals surface area (Å²) in [5.74, 6) is 0. The largest absolute Gasteiger partial charge is 0.218 e. The number of hydrogen-bond donors (Lipinski definition) is 1. The number of hydroxylamine groups is 3. The standard InChI is InChI=1S/C3H10NO.I2/c1-4(2,3)5;1-2/h5H,1-3H3;/q+1;. The number of halogens is 2. The van der Waals surface area contributed by atoms with Crippen LogP contribution >= 0.6 is 37.2 Å². The van der Waals surface area contributed by atoms with Crippen LogP contribution in [0.3, 0.4) is 0 Å². The zero-order chi connectivity index (χ0) is 6.50. The quantitative estimate of drug-likeness (QED) is 0.408. The molecule has 2 nitrogen and oxygen atoms in total. The van der Waals surface area contributed by atoms with Gasteiger partial charge in [0.25, 0.3) is 0 Å². The lowest BCUT2D eigenvalue weighted by atomic mass is 11.0. The predicted molar refractivity (Wildman–Crippen MR) is 47.9 cm³/mol. The molecule has 0 saturated carbocycles. The Morgan fingerprint density at radius 3 is 1.14 bits per heavy atom. The zero-order valence-electron chi connectivity index (χ0n) is 4.65. The fraction of sp³-hybridized carbons (Fsp3) is 1.00. The van der Waals surface area contributed by atoms with Gasteiger partial charge in [0.1, 0.15) is 0 Å². The van der Waals surface area contributed by atoms with Crippen LogP contribution in [0.2, 0.25) is 0 Å². The second-order valence-electron chi connectivity index (χ2n) is 1.94. The summed E-state index contributed by atoms with van der Waals surface area (Å²) in [4.78, 5) is 0. The third-order valence-corrected chi connectivity index (χ3v) is 0. The van der Waals surface area contributed by atoms with Gasteiger partial charge in [-0.1, -0.05) is 0 Å². The highest BCUT2D eigenvalue weighted by molar-refractivity contribution is 15.0. The molecule has 0 aromatic carbocycles.